The summed E-state index contributed by atoms with van der Waals surface area (Å²) in [5.41, 5.74) is 0.243. The molecule has 0 aromatic carbocycles. The molecule has 2 aliphatic heterocycles. The van der Waals surface area contributed by atoms with Crippen molar-refractivity contribution in [2.24, 2.45) is 0 Å². The molecular formula is C18H21F2N6O3+. The summed E-state index contributed by atoms with van der Waals surface area (Å²) in [5.74, 6) is 1.06. The number of aromatic amines is 1. The first kappa shape index (κ1) is 19.6. The van der Waals surface area contributed by atoms with Crippen LogP contribution in [-0.4, -0.2) is 81.8 Å². The molecule has 2 aliphatic rings. The Balaban J connectivity index is 1.53. The fourth-order valence-corrected chi connectivity index (χ4v) is 3.31. The monoisotopic (exact) mass is 407 g/mol. The van der Waals surface area contributed by atoms with Gasteiger partial charge in [-0.05, 0) is 6.08 Å². The molecule has 2 aromatic heterocycles. The lowest BCUT2D eigenvalue weighted by Crippen LogP contribution is -2.66. The largest absolute Gasteiger partial charge is 0.394 e. The minimum absolute atomic E-state index is 0.0921. The van der Waals surface area contributed by atoms with Gasteiger partial charge in [-0.15, -0.1) is 0 Å². The Labute approximate surface area is 164 Å². The van der Waals surface area contributed by atoms with Crippen LogP contribution in [0.25, 0.3) is 17.5 Å². The lowest BCUT2D eigenvalue weighted by molar-refractivity contribution is -0.239. The molecule has 2 fully saturated rings. The van der Waals surface area contributed by atoms with Crippen LogP contribution in [0.4, 0.5) is 14.6 Å². The molecule has 0 radical (unpaired) electrons. The topological polar surface area (TPSA) is 122 Å². The lowest BCUT2D eigenvalue weighted by atomic mass is 9.98. The van der Waals surface area contributed by atoms with Crippen LogP contribution in [0.2, 0.25) is 0 Å². The molecular weight excluding hydrogens is 386 g/mol. The number of halogens is 2. The van der Waals surface area contributed by atoms with Crippen molar-refractivity contribution in [2.75, 3.05) is 37.8 Å². The van der Waals surface area contributed by atoms with Gasteiger partial charge in [-0.1, -0.05) is 0 Å². The Morgan fingerprint density at radius 3 is 2.93 bits per heavy atom. The predicted octanol–water partition coefficient (Wildman–Crippen LogP) is -0.688. The van der Waals surface area contributed by atoms with Crippen LogP contribution in [0.1, 0.15) is 5.82 Å². The predicted molar refractivity (Wildman–Crippen MR) is 99.3 cm³/mol. The average Bonchev–Trinajstić information content (AvgIpc) is 3.19. The van der Waals surface area contributed by atoms with Gasteiger partial charge in [-0.25, -0.2) is 15.0 Å². The molecule has 9 nitrogen and oxygen atoms in total. The smallest absolute Gasteiger partial charge is 0.320 e. The molecule has 1 unspecified atom stereocenters. The molecule has 0 aliphatic carbocycles. The number of nitrogens with two attached hydrogens (primary N) is 1. The number of allylic oxidation sites excluding steroid dienone is 1. The van der Waals surface area contributed by atoms with Crippen molar-refractivity contribution >= 4 is 17.6 Å². The number of aliphatic hydroxyl groups is 1. The van der Waals surface area contributed by atoms with Crippen molar-refractivity contribution in [2.45, 2.75) is 18.1 Å². The first-order valence-electron chi connectivity index (χ1n) is 9.05. The minimum atomic E-state index is -2.72. The zero-order valence-corrected chi connectivity index (χ0v) is 15.5. The summed E-state index contributed by atoms with van der Waals surface area (Å²) in [4.78, 5) is 17.8. The van der Waals surface area contributed by atoms with E-state index in [1.165, 1.54) is 12.4 Å². The van der Waals surface area contributed by atoms with Crippen molar-refractivity contribution in [3.8, 4) is 11.4 Å². The number of imidazole rings is 1. The van der Waals surface area contributed by atoms with Gasteiger partial charge in [0.2, 0.25) is 5.71 Å². The fraction of sp³-hybridized carbons (Fsp3) is 0.444. The Morgan fingerprint density at radius 1 is 1.41 bits per heavy atom. The fourth-order valence-electron chi connectivity index (χ4n) is 3.31. The molecule has 11 heteroatoms. The standard InChI is InChI=1S/C18H20F2N6O3/c19-17(20)12(21)1-2-15-22-4-14(25-15)13-3-16(24-10-23-13)26-5-11(6-27)29-18(7-26)8-28-9-18/h1-4,10-11,17,21,27H,5-9H2,(H,22,25)/p+1/b2-1-,21-12?. The Bertz CT molecular complexity index is 915. The Morgan fingerprint density at radius 2 is 2.24 bits per heavy atom. The summed E-state index contributed by atoms with van der Waals surface area (Å²) in [5, 5.41) is 14.8. The second-order valence-corrected chi connectivity index (χ2v) is 7.06. The highest BCUT2D eigenvalue weighted by atomic mass is 19.3. The second-order valence-electron chi connectivity index (χ2n) is 7.06. The second kappa shape index (κ2) is 7.93. The van der Waals surface area contributed by atoms with Gasteiger partial charge in [0, 0.05) is 18.7 Å². The van der Waals surface area contributed by atoms with Gasteiger partial charge in [-0.3, -0.25) is 5.41 Å². The quantitative estimate of drug-likeness (QED) is 0.542. The molecule has 0 bridgehead atoms. The molecule has 4 heterocycles. The van der Waals surface area contributed by atoms with Crippen molar-refractivity contribution in [3.05, 3.63) is 30.5 Å². The highest BCUT2D eigenvalue weighted by Crippen LogP contribution is 2.31. The number of morpholine rings is 1. The molecule has 4 rings (SSSR count). The maximum Gasteiger partial charge on any atom is 0.320 e. The molecule has 0 saturated carbocycles. The van der Waals surface area contributed by atoms with E-state index < -0.39 is 17.7 Å². The van der Waals surface area contributed by atoms with Crippen molar-refractivity contribution in [1.29, 1.82) is 0 Å². The number of aromatic nitrogens is 4. The number of ether oxygens (including phenoxy) is 2. The highest BCUT2D eigenvalue weighted by molar-refractivity contribution is 5.95. The van der Waals surface area contributed by atoms with Gasteiger partial charge in [-0.2, -0.15) is 8.78 Å². The number of H-pyrrole nitrogens is 1. The molecule has 2 saturated heterocycles. The van der Waals surface area contributed by atoms with Crippen molar-refractivity contribution in [3.63, 3.8) is 0 Å². The normalized spacial score (nSPS) is 21.1. The number of nitrogens with one attached hydrogen (secondary N) is 1. The van der Waals surface area contributed by atoms with E-state index in [2.05, 4.69) is 19.9 Å². The summed E-state index contributed by atoms with van der Waals surface area (Å²) in [6, 6.07) is 1.80. The summed E-state index contributed by atoms with van der Waals surface area (Å²) < 4.78 is 36.2. The molecule has 4 N–H and O–H groups in total. The maximum atomic E-state index is 12.5. The summed E-state index contributed by atoms with van der Waals surface area (Å²) >= 11 is 0. The average molecular weight is 407 g/mol. The number of hydrogen-bond acceptors (Lipinski definition) is 7. The van der Waals surface area contributed by atoms with Crippen LogP contribution in [0.5, 0.6) is 0 Å². The molecule has 29 heavy (non-hydrogen) atoms. The number of nitrogens with zero attached hydrogens (tertiary/aromatic N) is 4. The van der Waals surface area contributed by atoms with Crippen LogP contribution in [0, 0.1) is 0 Å². The highest BCUT2D eigenvalue weighted by Gasteiger charge is 2.47. The maximum absolute atomic E-state index is 12.5. The van der Waals surface area contributed by atoms with Crippen LogP contribution in [-0.2, 0) is 9.47 Å². The first-order valence-corrected chi connectivity index (χ1v) is 9.05. The van der Waals surface area contributed by atoms with E-state index in [4.69, 9.17) is 14.9 Å². The van der Waals surface area contributed by atoms with E-state index in [0.29, 0.717) is 49.3 Å². The van der Waals surface area contributed by atoms with Gasteiger partial charge in [0.1, 0.15) is 23.6 Å². The van der Waals surface area contributed by atoms with E-state index in [0.717, 1.165) is 6.08 Å². The third-order valence-electron chi connectivity index (χ3n) is 4.79. The third-order valence-corrected chi connectivity index (χ3v) is 4.79. The summed E-state index contributed by atoms with van der Waals surface area (Å²) in [6.07, 6.45) is 2.44. The lowest BCUT2D eigenvalue weighted by Gasteiger charge is -2.50. The van der Waals surface area contributed by atoms with Crippen molar-refractivity contribution in [1.82, 2.24) is 19.9 Å². The number of hydrogen-bond donors (Lipinski definition) is 3. The zero-order chi connectivity index (χ0) is 20.4. The van der Waals surface area contributed by atoms with Gasteiger partial charge in [0.15, 0.2) is 0 Å². The van der Waals surface area contributed by atoms with E-state index in [-0.39, 0.29) is 12.7 Å². The van der Waals surface area contributed by atoms with Crippen molar-refractivity contribution < 1.29 is 28.8 Å². The molecule has 1 spiro atoms. The number of anilines is 1. The van der Waals surface area contributed by atoms with Gasteiger partial charge < -0.3 is 24.5 Å². The van der Waals surface area contributed by atoms with Gasteiger partial charge in [0.05, 0.1) is 50.1 Å². The van der Waals surface area contributed by atoms with E-state index in [1.807, 2.05) is 4.90 Å². The third kappa shape index (κ3) is 4.16. The number of alkyl halides is 2. The zero-order valence-electron chi connectivity index (χ0n) is 15.5. The van der Waals surface area contributed by atoms with Crippen LogP contribution >= 0.6 is 0 Å². The van der Waals surface area contributed by atoms with E-state index >= 15 is 0 Å². The molecule has 1 atom stereocenters. The minimum Gasteiger partial charge on any atom is -0.394 e. The van der Waals surface area contributed by atoms with Crippen LogP contribution in [0.15, 0.2) is 24.7 Å². The Hall–Kier alpha value is -2.76. The molecule has 2 aromatic rings. The SMILES string of the molecule is [NH2+]=C(/C=C\c1ncc(-c2cc(N3CC(CO)OC4(COC4)C3)ncn2)[nH]1)C(F)F. The molecule has 154 valence electrons. The number of aliphatic hydroxyl groups excluding tert-OH is 1. The van der Waals surface area contributed by atoms with E-state index in [1.54, 1.807) is 12.3 Å². The van der Waals surface area contributed by atoms with Gasteiger partial charge >= 0.3 is 6.43 Å². The van der Waals surface area contributed by atoms with Gasteiger partial charge in [0.25, 0.3) is 0 Å². The van der Waals surface area contributed by atoms with Crippen LogP contribution in [0.3, 0.4) is 0 Å². The van der Waals surface area contributed by atoms with E-state index in [9.17, 15) is 13.9 Å². The summed E-state index contributed by atoms with van der Waals surface area (Å²) in [7, 11) is 0. The number of rotatable bonds is 6. The first-order chi connectivity index (χ1) is 14.0. The summed E-state index contributed by atoms with van der Waals surface area (Å²) in [6.45, 7) is 1.96. The Kier molecular flexibility index (Phi) is 5.35. The molecule has 0 amide bonds. The van der Waals surface area contributed by atoms with Crippen LogP contribution < -0.4 is 10.3 Å².